The van der Waals surface area contributed by atoms with Crippen LogP contribution in [0.3, 0.4) is 0 Å². The fraction of sp³-hybridized carbons (Fsp3) is 0.733. The van der Waals surface area contributed by atoms with Gasteiger partial charge in [0.25, 0.3) is 0 Å². The fourth-order valence-electron chi connectivity index (χ4n) is 1.64. The number of hydrogen-bond acceptors (Lipinski definition) is 4. The van der Waals surface area contributed by atoms with Crippen LogP contribution in [0.5, 0.6) is 0 Å². The SMILES string of the molecule is CCCc1nc(NCC)c(C)c(SC(C)C(C)C)n1. The highest BCUT2D eigenvalue weighted by Crippen LogP contribution is 2.31. The quantitative estimate of drug-likeness (QED) is 0.597. The molecule has 0 spiro atoms. The first-order chi connectivity index (χ1) is 8.99. The Morgan fingerprint density at radius 3 is 2.37 bits per heavy atom. The van der Waals surface area contributed by atoms with Gasteiger partial charge in [-0.25, -0.2) is 9.97 Å². The molecule has 1 aromatic heterocycles. The van der Waals surface area contributed by atoms with Gasteiger partial charge in [0.05, 0.1) is 0 Å². The highest BCUT2D eigenvalue weighted by atomic mass is 32.2. The summed E-state index contributed by atoms with van der Waals surface area (Å²) in [7, 11) is 0. The van der Waals surface area contributed by atoms with Crippen molar-refractivity contribution >= 4 is 17.6 Å². The summed E-state index contributed by atoms with van der Waals surface area (Å²) in [6.07, 6.45) is 2.03. The van der Waals surface area contributed by atoms with Crippen molar-refractivity contribution in [1.29, 1.82) is 0 Å². The minimum Gasteiger partial charge on any atom is -0.370 e. The minimum absolute atomic E-state index is 0.567. The van der Waals surface area contributed by atoms with Crippen LogP contribution in [0.4, 0.5) is 5.82 Å². The van der Waals surface area contributed by atoms with Gasteiger partial charge < -0.3 is 5.32 Å². The summed E-state index contributed by atoms with van der Waals surface area (Å²) in [4.78, 5) is 9.37. The molecule has 1 heterocycles. The average molecular weight is 281 g/mol. The lowest BCUT2D eigenvalue weighted by Crippen LogP contribution is -2.11. The molecule has 0 aliphatic rings. The molecule has 3 nitrogen and oxygen atoms in total. The molecule has 1 N–H and O–H groups in total. The van der Waals surface area contributed by atoms with E-state index in [1.54, 1.807) is 0 Å². The Morgan fingerprint density at radius 1 is 1.16 bits per heavy atom. The lowest BCUT2D eigenvalue weighted by molar-refractivity contribution is 0.640. The van der Waals surface area contributed by atoms with E-state index in [1.807, 2.05) is 11.8 Å². The third-order valence-electron chi connectivity index (χ3n) is 3.20. The van der Waals surface area contributed by atoms with Gasteiger partial charge in [-0.15, -0.1) is 11.8 Å². The number of thioether (sulfide) groups is 1. The molecular formula is C15H27N3S. The van der Waals surface area contributed by atoms with Crippen molar-refractivity contribution in [3.63, 3.8) is 0 Å². The van der Waals surface area contributed by atoms with Gasteiger partial charge in [0.15, 0.2) is 0 Å². The van der Waals surface area contributed by atoms with Gasteiger partial charge in [0.1, 0.15) is 16.7 Å². The molecule has 19 heavy (non-hydrogen) atoms. The molecule has 108 valence electrons. The molecule has 0 radical (unpaired) electrons. The maximum absolute atomic E-state index is 4.74. The Kier molecular flexibility index (Phi) is 6.63. The van der Waals surface area contributed by atoms with Crippen LogP contribution < -0.4 is 5.32 Å². The third kappa shape index (κ3) is 4.68. The predicted octanol–water partition coefficient (Wildman–Crippen LogP) is 4.31. The van der Waals surface area contributed by atoms with E-state index in [1.165, 1.54) is 5.56 Å². The molecule has 0 aliphatic carbocycles. The van der Waals surface area contributed by atoms with Crippen molar-refractivity contribution in [2.24, 2.45) is 5.92 Å². The smallest absolute Gasteiger partial charge is 0.133 e. The third-order valence-corrected chi connectivity index (χ3v) is 4.74. The zero-order valence-electron chi connectivity index (χ0n) is 13.1. The molecular weight excluding hydrogens is 254 g/mol. The van der Waals surface area contributed by atoms with Crippen LogP contribution in [0, 0.1) is 12.8 Å². The summed E-state index contributed by atoms with van der Waals surface area (Å²) in [6, 6.07) is 0. The normalized spacial score (nSPS) is 12.8. The Morgan fingerprint density at radius 2 is 1.84 bits per heavy atom. The lowest BCUT2D eigenvalue weighted by Gasteiger charge is -2.18. The molecule has 1 rings (SSSR count). The van der Waals surface area contributed by atoms with Crippen molar-refractivity contribution in [3.8, 4) is 0 Å². The Balaban J connectivity index is 3.06. The maximum Gasteiger partial charge on any atom is 0.133 e. The molecule has 1 atom stereocenters. The monoisotopic (exact) mass is 281 g/mol. The molecule has 0 fully saturated rings. The lowest BCUT2D eigenvalue weighted by atomic mass is 10.2. The van der Waals surface area contributed by atoms with Crippen LogP contribution >= 0.6 is 11.8 Å². The number of nitrogens with zero attached hydrogens (tertiary/aromatic N) is 2. The van der Waals surface area contributed by atoms with Crippen LogP contribution in [0.15, 0.2) is 5.03 Å². The number of nitrogens with one attached hydrogen (secondary N) is 1. The van der Waals surface area contributed by atoms with Crippen molar-refractivity contribution in [1.82, 2.24) is 9.97 Å². The van der Waals surface area contributed by atoms with Crippen LogP contribution in [0.1, 0.15) is 52.4 Å². The molecule has 1 unspecified atom stereocenters. The van der Waals surface area contributed by atoms with Crippen LogP contribution in [-0.4, -0.2) is 21.8 Å². The van der Waals surface area contributed by atoms with Gasteiger partial charge in [-0.05, 0) is 26.2 Å². The minimum atomic E-state index is 0.567. The second-order valence-corrected chi connectivity index (χ2v) is 6.63. The van der Waals surface area contributed by atoms with E-state index < -0.39 is 0 Å². The summed E-state index contributed by atoms with van der Waals surface area (Å²) in [5.41, 5.74) is 1.18. The van der Waals surface area contributed by atoms with E-state index in [2.05, 4.69) is 51.8 Å². The number of rotatable bonds is 7. The molecule has 4 heteroatoms. The Labute approximate surface area is 122 Å². The van der Waals surface area contributed by atoms with Crippen molar-refractivity contribution in [3.05, 3.63) is 11.4 Å². The first kappa shape index (κ1) is 16.3. The highest BCUT2D eigenvalue weighted by molar-refractivity contribution is 7.99. The van der Waals surface area contributed by atoms with Gasteiger partial charge >= 0.3 is 0 Å². The van der Waals surface area contributed by atoms with Gasteiger partial charge in [-0.3, -0.25) is 0 Å². The molecule has 0 amide bonds. The molecule has 0 saturated carbocycles. The zero-order valence-corrected chi connectivity index (χ0v) is 13.9. The van der Waals surface area contributed by atoms with E-state index >= 15 is 0 Å². The summed E-state index contributed by atoms with van der Waals surface area (Å²) in [5, 5.41) is 5.06. The van der Waals surface area contributed by atoms with Gasteiger partial charge in [0, 0.05) is 23.8 Å². The standard InChI is InChI=1S/C15H27N3S/c1-7-9-13-17-14(16-8-2)11(5)15(18-13)19-12(6)10(3)4/h10,12H,7-9H2,1-6H3,(H,16,17,18). The van der Waals surface area contributed by atoms with E-state index in [-0.39, 0.29) is 0 Å². The first-order valence-corrected chi connectivity index (χ1v) is 8.15. The van der Waals surface area contributed by atoms with Crippen molar-refractivity contribution < 1.29 is 0 Å². The van der Waals surface area contributed by atoms with E-state index in [4.69, 9.17) is 4.98 Å². The van der Waals surface area contributed by atoms with Crippen molar-refractivity contribution in [2.45, 2.75) is 64.7 Å². The van der Waals surface area contributed by atoms with Crippen LogP contribution in [0.2, 0.25) is 0 Å². The maximum atomic E-state index is 4.74. The number of hydrogen-bond donors (Lipinski definition) is 1. The molecule has 0 aromatic carbocycles. The van der Waals surface area contributed by atoms with Crippen LogP contribution in [0.25, 0.3) is 0 Å². The van der Waals surface area contributed by atoms with Crippen molar-refractivity contribution in [2.75, 3.05) is 11.9 Å². The average Bonchev–Trinajstić information content (AvgIpc) is 2.35. The summed E-state index contributed by atoms with van der Waals surface area (Å²) < 4.78 is 0. The molecule has 0 saturated heterocycles. The predicted molar refractivity (Wildman–Crippen MR) is 85.1 cm³/mol. The summed E-state index contributed by atoms with van der Waals surface area (Å²) in [5.74, 6) is 2.61. The zero-order chi connectivity index (χ0) is 14.4. The fourth-order valence-corrected chi connectivity index (χ4v) is 2.70. The van der Waals surface area contributed by atoms with Gasteiger partial charge in [0.2, 0.25) is 0 Å². The van der Waals surface area contributed by atoms with E-state index in [0.717, 1.165) is 36.1 Å². The molecule has 0 aliphatic heterocycles. The highest BCUT2D eigenvalue weighted by Gasteiger charge is 2.15. The summed E-state index contributed by atoms with van der Waals surface area (Å²) in [6.45, 7) is 14.1. The molecule has 1 aromatic rings. The van der Waals surface area contributed by atoms with E-state index in [9.17, 15) is 0 Å². The van der Waals surface area contributed by atoms with Crippen LogP contribution in [-0.2, 0) is 6.42 Å². The largest absolute Gasteiger partial charge is 0.370 e. The Hall–Kier alpha value is -0.770. The number of aromatic nitrogens is 2. The first-order valence-electron chi connectivity index (χ1n) is 7.27. The van der Waals surface area contributed by atoms with Gasteiger partial charge in [-0.2, -0.15) is 0 Å². The number of anilines is 1. The number of aryl methyl sites for hydroxylation is 1. The topological polar surface area (TPSA) is 37.8 Å². The second kappa shape index (κ2) is 7.73. The Bertz CT molecular complexity index is 405. The molecule has 0 bridgehead atoms. The summed E-state index contributed by atoms with van der Waals surface area (Å²) >= 11 is 1.87. The van der Waals surface area contributed by atoms with Gasteiger partial charge in [-0.1, -0.05) is 27.7 Å². The second-order valence-electron chi connectivity index (χ2n) is 5.27. The van der Waals surface area contributed by atoms with E-state index in [0.29, 0.717) is 11.2 Å².